The van der Waals surface area contributed by atoms with Gasteiger partial charge in [0, 0.05) is 5.56 Å². The molecule has 0 radical (unpaired) electrons. The summed E-state index contributed by atoms with van der Waals surface area (Å²) < 4.78 is 10.8. The first-order valence-electron chi connectivity index (χ1n) is 9.85. The Labute approximate surface area is 180 Å². The molecule has 4 rings (SSSR count). The van der Waals surface area contributed by atoms with Crippen molar-refractivity contribution in [3.8, 4) is 11.5 Å². The van der Waals surface area contributed by atoms with Crippen molar-refractivity contribution in [2.45, 2.75) is 12.1 Å². The van der Waals surface area contributed by atoms with Crippen molar-refractivity contribution >= 4 is 17.5 Å². The van der Waals surface area contributed by atoms with E-state index < -0.39 is 12.1 Å². The molecule has 1 aliphatic heterocycles. The summed E-state index contributed by atoms with van der Waals surface area (Å²) in [5, 5.41) is 4.66. The smallest absolute Gasteiger partial charge is 0.263 e. The Morgan fingerprint density at radius 3 is 2.19 bits per heavy atom. The Bertz CT molecular complexity index is 1070. The highest BCUT2D eigenvalue weighted by Gasteiger charge is 2.43. The van der Waals surface area contributed by atoms with Crippen LogP contribution >= 0.6 is 0 Å². The molecule has 1 saturated heterocycles. The third-order valence-electron chi connectivity index (χ3n) is 5.21. The van der Waals surface area contributed by atoms with Crippen molar-refractivity contribution in [3.63, 3.8) is 0 Å². The molecule has 3 aromatic carbocycles. The number of ether oxygens (including phenoxy) is 2. The maximum absolute atomic E-state index is 13.0. The van der Waals surface area contributed by atoms with Gasteiger partial charge in [0.15, 0.2) is 11.5 Å². The highest BCUT2D eigenvalue weighted by Crippen LogP contribution is 2.37. The molecule has 0 saturated carbocycles. The normalized spacial score (nSPS) is 17.7. The average molecular weight is 417 g/mol. The number of hydrogen-bond acceptors (Lipinski definition) is 5. The van der Waals surface area contributed by atoms with Crippen LogP contribution in [-0.2, 0) is 4.79 Å². The van der Waals surface area contributed by atoms with Crippen molar-refractivity contribution in [2.75, 3.05) is 19.2 Å². The summed E-state index contributed by atoms with van der Waals surface area (Å²) in [7, 11) is 3.13. The van der Waals surface area contributed by atoms with Crippen molar-refractivity contribution in [3.05, 3.63) is 90.0 Å². The van der Waals surface area contributed by atoms with Gasteiger partial charge in [-0.1, -0.05) is 42.5 Å². The molecular weight excluding hydrogens is 394 g/mol. The van der Waals surface area contributed by atoms with Crippen LogP contribution in [-0.4, -0.2) is 32.1 Å². The van der Waals surface area contributed by atoms with Crippen LogP contribution in [0.1, 0.15) is 22.0 Å². The lowest BCUT2D eigenvalue weighted by atomic mass is 9.98. The summed E-state index contributed by atoms with van der Waals surface area (Å²) in [5.41, 5.74) is 4.97. The van der Waals surface area contributed by atoms with Gasteiger partial charge in [0.25, 0.3) is 11.8 Å². The fraction of sp³-hybridized carbons (Fsp3) is 0.167. The number of hydrazine groups is 1. The first-order valence-corrected chi connectivity index (χ1v) is 9.85. The van der Waals surface area contributed by atoms with Gasteiger partial charge in [-0.3, -0.25) is 20.0 Å². The predicted molar refractivity (Wildman–Crippen MR) is 117 cm³/mol. The molecule has 0 aromatic heterocycles. The second-order valence-corrected chi connectivity index (χ2v) is 7.06. The van der Waals surface area contributed by atoms with E-state index in [4.69, 9.17) is 9.47 Å². The molecule has 2 N–H and O–H groups in total. The minimum Gasteiger partial charge on any atom is -0.493 e. The topological polar surface area (TPSA) is 79.9 Å². The van der Waals surface area contributed by atoms with Crippen molar-refractivity contribution < 1.29 is 19.1 Å². The minimum atomic E-state index is -0.814. The third kappa shape index (κ3) is 4.02. The first-order chi connectivity index (χ1) is 15.1. The second kappa shape index (κ2) is 8.79. The Kier molecular flexibility index (Phi) is 5.75. The van der Waals surface area contributed by atoms with Crippen LogP contribution in [0.25, 0.3) is 0 Å². The first kappa shape index (κ1) is 20.3. The van der Waals surface area contributed by atoms with Crippen molar-refractivity contribution in [2.24, 2.45) is 0 Å². The molecule has 2 amide bonds. The van der Waals surface area contributed by atoms with Crippen LogP contribution < -0.4 is 25.2 Å². The lowest BCUT2D eigenvalue weighted by molar-refractivity contribution is -0.120. The lowest BCUT2D eigenvalue weighted by Crippen LogP contribution is -2.43. The average Bonchev–Trinajstić information content (AvgIpc) is 3.15. The molecule has 0 bridgehead atoms. The number of para-hydroxylation sites is 1. The molecule has 1 fully saturated rings. The van der Waals surface area contributed by atoms with Crippen LogP contribution in [0.4, 0.5) is 5.69 Å². The molecule has 2 unspecified atom stereocenters. The SMILES string of the molecule is COc1ccc(C2C(NC(=O)c3ccccc3)C(=O)NN2c2ccccc2)cc1OC. The van der Waals surface area contributed by atoms with E-state index in [-0.39, 0.29) is 11.8 Å². The quantitative estimate of drug-likeness (QED) is 0.644. The van der Waals surface area contributed by atoms with Gasteiger partial charge in [0.1, 0.15) is 12.1 Å². The molecule has 0 aliphatic carbocycles. The number of hydrogen-bond donors (Lipinski definition) is 2. The molecule has 3 aromatic rings. The minimum absolute atomic E-state index is 0.298. The zero-order chi connectivity index (χ0) is 21.8. The van der Waals surface area contributed by atoms with E-state index in [1.54, 1.807) is 49.6 Å². The molecule has 7 heteroatoms. The van der Waals surface area contributed by atoms with E-state index in [0.717, 1.165) is 11.3 Å². The number of anilines is 1. The zero-order valence-electron chi connectivity index (χ0n) is 17.2. The maximum Gasteiger partial charge on any atom is 0.263 e. The van der Waals surface area contributed by atoms with E-state index in [2.05, 4.69) is 10.7 Å². The Morgan fingerprint density at radius 2 is 1.55 bits per heavy atom. The monoisotopic (exact) mass is 417 g/mol. The predicted octanol–water partition coefficient (Wildman–Crippen LogP) is 3.09. The summed E-state index contributed by atoms with van der Waals surface area (Å²) in [4.78, 5) is 25.8. The van der Waals surface area contributed by atoms with Crippen LogP contribution in [0, 0.1) is 0 Å². The van der Waals surface area contributed by atoms with Crippen LogP contribution in [0.15, 0.2) is 78.9 Å². The Hall–Kier alpha value is -4.00. The number of methoxy groups -OCH3 is 2. The third-order valence-corrected chi connectivity index (χ3v) is 5.21. The van der Waals surface area contributed by atoms with Crippen molar-refractivity contribution in [1.82, 2.24) is 10.7 Å². The van der Waals surface area contributed by atoms with Crippen LogP contribution in [0.5, 0.6) is 11.5 Å². The number of nitrogens with zero attached hydrogens (tertiary/aromatic N) is 1. The molecule has 2 atom stereocenters. The van der Waals surface area contributed by atoms with E-state index in [1.807, 2.05) is 48.5 Å². The molecule has 31 heavy (non-hydrogen) atoms. The number of benzene rings is 3. The fourth-order valence-corrected chi connectivity index (χ4v) is 3.70. The molecular formula is C24H23N3O4. The van der Waals surface area contributed by atoms with Gasteiger partial charge in [-0.15, -0.1) is 0 Å². The van der Waals surface area contributed by atoms with Gasteiger partial charge in [0.2, 0.25) is 0 Å². The standard InChI is InChI=1S/C24H23N3O4/c1-30-19-14-13-17(15-20(19)31-2)22-21(25-23(28)16-9-5-3-6-10-16)24(29)26-27(22)18-11-7-4-8-12-18/h3-15,21-22H,1-2H3,(H,25,28)(H,26,29). The van der Waals surface area contributed by atoms with Crippen molar-refractivity contribution in [1.29, 1.82) is 0 Å². The van der Waals surface area contributed by atoms with Gasteiger partial charge in [0.05, 0.1) is 19.9 Å². The Balaban J connectivity index is 1.74. The second-order valence-electron chi connectivity index (χ2n) is 7.06. The molecule has 1 heterocycles. The largest absolute Gasteiger partial charge is 0.493 e. The Morgan fingerprint density at radius 1 is 0.903 bits per heavy atom. The van der Waals surface area contributed by atoms with Gasteiger partial charge in [-0.25, -0.2) is 0 Å². The van der Waals surface area contributed by atoms with Crippen LogP contribution in [0.3, 0.4) is 0 Å². The summed E-state index contributed by atoms with van der Waals surface area (Å²) in [6, 6.07) is 22.5. The summed E-state index contributed by atoms with van der Waals surface area (Å²) in [6.07, 6.45) is 0. The summed E-state index contributed by atoms with van der Waals surface area (Å²) in [5.74, 6) is 0.509. The molecule has 1 aliphatic rings. The van der Waals surface area contributed by atoms with E-state index in [0.29, 0.717) is 17.1 Å². The molecule has 0 spiro atoms. The maximum atomic E-state index is 13.0. The highest BCUT2D eigenvalue weighted by molar-refractivity contribution is 5.99. The number of carbonyl (C=O) groups excluding carboxylic acids is 2. The summed E-state index contributed by atoms with van der Waals surface area (Å²) in [6.45, 7) is 0. The van der Waals surface area contributed by atoms with E-state index >= 15 is 0 Å². The molecule has 158 valence electrons. The van der Waals surface area contributed by atoms with Gasteiger partial charge >= 0.3 is 0 Å². The van der Waals surface area contributed by atoms with Crippen LogP contribution in [0.2, 0.25) is 0 Å². The number of rotatable bonds is 6. The van der Waals surface area contributed by atoms with Gasteiger partial charge < -0.3 is 14.8 Å². The van der Waals surface area contributed by atoms with E-state index in [1.165, 1.54) is 0 Å². The van der Waals surface area contributed by atoms with E-state index in [9.17, 15) is 9.59 Å². The highest BCUT2D eigenvalue weighted by atomic mass is 16.5. The number of nitrogens with one attached hydrogen (secondary N) is 2. The summed E-state index contributed by atoms with van der Waals surface area (Å²) >= 11 is 0. The van der Waals surface area contributed by atoms with Gasteiger partial charge in [-0.2, -0.15) is 0 Å². The number of carbonyl (C=O) groups is 2. The number of amides is 2. The fourth-order valence-electron chi connectivity index (χ4n) is 3.70. The lowest BCUT2D eigenvalue weighted by Gasteiger charge is -2.28. The zero-order valence-corrected chi connectivity index (χ0v) is 17.2. The molecule has 7 nitrogen and oxygen atoms in total. The van der Waals surface area contributed by atoms with Gasteiger partial charge in [-0.05, 0) is 42.0 Å².